The molecule has 2 heterocycles. The number of morpholine rings is 1. The van der Waals surface area contributed by atoms with E-state index in [0.717, 1.165) is 5.56 Å². The van der Waals surface area contributed by atoms with Crippen LogP contribution in [0.25, 0.3) is 0 Å². The van der Waals surface area contributed by atoms with E-state index in [4.69, 9.17) is 10.00 Å². The van der Waals surface area contributed by atoms with Crippen LogP contribution in [0.3, 0.4) is 0 Å². The second-order valence-corrected chi connectivity index (χ2v) is 3.56. The number of ether oxygens (including phenoxy) is 1. The molecule has 1 fully saturated rings. The zero-order valence-corrected chi connectivity index (χ0v) is 8.67. The number of aromatic nitrogens is 1. The van der Waals surface area contributed by atoms with Crippen LogP contribution in [0.5, 0.6) is 0 Å². The Morgan fingerprint density at radius 3 is 3.25 bits per heavy atom. The zero-order valence-electron chi connectivity index (χ0n) is 8.67. The standard InChI is InChI=1S/C11H11N3O2/c12-4-10-7-14(11(15)8-16-10)6-9-2-1-3-13-5-9/h1-3,5,10H,6-8H2. The van der Waals surface area contributed by atoms with E-state index in [1.54, 1.807) is 17.3 Å². The first-order valence-corrected chi connectivity index (χ1v) is 4.97. The molecule has 2 rings (SSSR count). The average Bonchev–Trinajstić information content (AvgIpc) is 2.33. The van der Waals surface area contributed by atoms with Crippen LogP contribution in [0.15, 0.2) is 24.5 Å². The van der Waals surface area contributed by atoms with Crippen molar-refractivity contribution in [2.45, 2.75) is 12.6 Å². The summed E-state index contributed by atoms with van der Waals surface area (Å²) < 4.78 is 5.04. The highest BCUT2D eigenvalue weighted by Crippen LogP contribution is 2.10. The van der Waals surface area contributed by atoms with Crippen LogP contribution in [-0.4, -0.2) is 35.0 Å². The van der Waals surface area contributed by atoms with Gasteiger partial charge in [0.05, 0.1) is 12.6 Å². The van der Waals surface area contributed by atoms with Gasteiger partial charge < -0.3 is 9.64 Å². The first-order valence-electron chi connectivity index (χ1n) is 4.97. The minimum absolute atomic E-state index is 0.0154. The Kier molecular flexibility index (Phi) is 3.13. The fourth-order valence-electron chi connectivity index (χ4n) is 1.56. The molecule has 0 aliphatic carbocycles. The lowest BCUT2D eigenvalue weighted by Crippen LogP contribution is -2.45. The Bertz CT molecular complexity index is 413. The van der Waals surface area contributed by atoms with E-state index in [0.29, 0.717) is 13.1 Å². The van der Waals surface area contributed by atoms with Gasteiger partial charge in [-0.25, -0.2) is 0 Å². The minimum atomic E-state index is -0.519. The Hall–Kier alpha value is -1.93. The van der Waals surface area contributed by atoms with Gasteiger partial charge in [-0.15, -0.1) is 0 Å². The predicted octanol–water partition coefficient (Wildman–Crippen LogP) is 0.333. The lowest BCUT2D eigenvalue weighted by atomic mass is 10.2. The van der Waals surface area contributed by atoms with Gasteiger partial charge in [-0.3, -0.25) is 9.78 Å². The van der Waals surface area contributed by atoms with Gasteiger partial charge in [0.15, 0.2) is 6.10 Å². The average molecular weight is 217 g/mol. The number of carbonyl (C=O) groups excluding carboxylic acids is 1. The van der Waals surface area contributed by atoms with E-state index in [9.17, 15) is 4.79 Å². The van der Waals surface area contributed by atoms with Crippen molar-refractivity contribution in [2.75, 3.05) is 13.2 Å². The van der Waals surface area contributed by atoms with Gasteiger partial charge in [0.2, 0.25) is 5.91 Å². The fraction of sp³-hybridized carbons (Fsp3) is 0.364. The Morgan fingerprint density at radius 2 is 2.56 bits per heavy atom. The van der Waals surface area contributed by atoms with Gasteiger partial charge in [0, 0.05) is 18.9 Å². The zero-order chi connectivity index (χ0) is 11.4. The van der Waals surface area contributed by atoms with Crippen molar-refractivity contribution >= 4 is 5.91 Å². The Morgan fingerprint density at radius 1 is 1.69 bits per heavy atom. The Balaban J connectivity index is 2.03. The molecule has 1 aromatic heterocycles. The smallest absolute Gasteiger partial charge is 0.249 e. The lowest BCUT2D eigenvalue weighted by Gasteiger charge is -2.29. The Labute approximate surface area is 93.3 Å². The maximum Gasteiger partial charge on any atom is 0.249 e. The number of pyridine rings is 1. The van der Waals surface area contributed by atoms with E-state index < -0.39 is 6.10 Å². The highest BCUT2D eigenvalue weighted by molar-refractivity contribution is 5.78. The predicted molar refractivity (Wildman–Crippen MR) is 55.0 cm³/mol. The van der Waals surface area contributed by atoms with Crippen molar-refractivity contribution in [2.24, 2.45) is 0 Å². The van der Waals surface area contributed by atoms with E-state index in [1.165, 1.54) is 0 Å². The van der Waals surface area contributed by atoms with E-state index in [-0.39, 0.29) is 12.5 Å². The van der Waals surface area contributed by atoms with Crippen molar-refractivity contribution in [3.05, 3.63) is 30.1 Å². The highest BCUT2D eigenvalue weighted by atomic mass is 16.5. The molecule has 1 unspecified atom stereocenters. The maximum absolute atomic E-state index is 11.5. The largest absolute Gasteiger partial charge is 0.352 e. The molecule has 5 nitrogen and oxygen atoms in total. The fourth-order valence-corrected chi connectivity index (χ4v) is 1.56. The van der Waals surface area contributed by atoms with Gasteiger partial charge in [-0.05, 0) is 11.6 Å². The summed E-state index contributed by atoms with van der Waals surface area (Å²) in [5.74, 6) is -0.0876. The molecule has 1 aromatic rings. The first-order chi connectivity index (χ1) is 7.79. The summed E-state index contributed by atoms with van der Waals surface area (Å²) in [6, 6.07) is 5.73. The minimum Gasteiger partial charge on any atom is -0.352 e. The SMILES string of the molecule is N#CC1CN(Cc2cccnc2)C(=O)CO1. The second-order valence-electron chi connectivity index (χ2n) is 3.56. The first kappa shape index (κ1) is 10.6. The van der Waals surface area contributed by atoms with Crippen molar-refractivity contribution in [1.82, 2.24) is 9.88 Å². The number of nitriles is 1. The second kappa shape index (κ2) is 4.73. The third-order valence-electron chi connectivity index (χ3n) is 2.39. The van der Waals surface area contributed by atoms with Crippen molar-refractivity contribution in [3.8, 4) is 6.07 Å². The summed E-state index contributed by atoms with van der Waals surface area (Å²) in [5.41, 5.74) is 0.953. The normalized spacial score (nSPS) is 20.6. The molecule has 16 heavy (non-hydrogen) atoms. The van der Waals surface area contributed by atoms with Gasteiger partial charge in [-0.2, -0.15) is 5.26 Å². The number of amides is 1. The number of hydrogen-bond donors (Lipinski definition) is 0. The number of carbonyl (C=O) groups is 1. The van der Waals surface area contributed by atoms with Gasteiger partial charge in [-0.1, -0.05) is 6.07 Å². The van der Waals surface area contributed by atoms with Crippen molar-refractivity contribution in [1.29, 1.82) is 5.26 Å². The van der Waals surface area contributed by atoms with Crippen molar-refractivity contribution in [3.63, 3.8) is 0 Å². The molecule has 5 heteroatoms. The molecule has 82 valence electrons. The molecule has 1 amide bonds. The van der Waals surface area contributed by atoms with Crippen LogP contribution >= 0.6 is 0 Å². The summed E-state index contributed by atoms with van der Waals surface area (Å²) in [5, 5.41) is 8.74. The highest BCUT2D eigenvalue weighted by Gasteiger charge is 2.25. The number of rotatable bonds is 2. The molecule has 1 saturated heterocycles. The summed E-state index contributed by atoms with van der Waals surface area (Å²) in [7, 11) is 0. The molecule has 0 aromatic carbocycles. The van der Waals surface area contributed by atoms with E-state index >= 15 is 0 Å². The van der Waals surface area contributed by atoms with Crippen LogP contribution in [0.4, 0.5) is 0 Å². The third-order valence-corrected chi connectivity index (χ3v) is 2.39. The van der Waals surface area contributed by atoms with Gasteiger partial charge >= 0.3 is 0 Å². The summed E-state index contributed by atoms with van der Waals surface area (Å²) in [4.78, 5) is 17.1. The summed E-state index contributed by atoms with van der Waals surface area (Å²) in [6.07, 6.45) is 2.88. The summed E-state index contributed by atoms with van der Waals surface area (Å²) >= 11 is 0. The number of nitrogens with zero attached hydrogens (tertiary/aromatic N) is 3. The molecule has 1 atom stereocenters. The van der Waals surface area contributed by atoms with E-state index in [1.807, 2.05) is 18.2 Å². The molecular weight excluding hydrogens is 206 g/mol. The van der Waals surface area contributed by atoms with Crippen LogP contribution in [0.1, 0.15) is 5.56 Å². The molecule has 0 N–H and O–H groups in total. The van der Waals surface area contributed by atoms with Crippen LogP contribution in [0, 0.1) is 11.3 Å². The molecule has 0 spiro atoms. The van der Waals surface area contributed by atoms with Crippen LogP contribution in [-0.2, 0) is 16.1 Å². The van der Waals surface area contributed by atoms with Crippen LogP contribution < -0.4 is 0 Å². The molecule has 0 radical (unpaired) electrons. The monoisotopic (exact) mass is 217 g/mol. The molecule has 1 aliphatic rings. The van der Waals surface area contributed by atoms with Gasteiger partial charge in [0.1, 0.15) is 6.61 Å². The van der Waals surface area contributed by atoms with Crippen molar-refractivity contribution < 1.29 is 9.53 Å². The lowest BCUT2D eigenvalue weighted by molar-refractivity contribution is -0.146. The van der Waals surface area contributed by atoms with E-state index in [2.05, 4.69) is 4.98 Å². The van der Waals surface area contributed by atoms with Gasteiger partial charge in [0.25, 0.3) is 0 Å². The molecule has 1 aliphatic heterocycles. The summed E-state index contributed by atoms with van der Waals surface area (Å²) in [6.45, 7) is 0.789. The quantitative estimate of drug-likeness (QED) is 0.716. The third kappa shape index (κ3) is 2.35. The number of hydrogen-bond acceptors (Lipinski definition) is 4. The molecular formula is C11H11N3O2. The molecule has 0 saturated carbocycles. The molecule has 0 bridgehead atoms. The topological polar surface area (TPSA) is 66.2 Å². The maximum atomic E-state index is 11.5. The van der Waals surface area contributed by atoms with Crippen LogP contribution in [0.2, 0.25) is 0 Å².